The molecular weight excluding hydrogens is 246 g/mol. The number of carbonyl (C=O) groups is 1. The Labute approximate surface area is 111 Å². The van der Waals surface area contributed by atoms with E-state index in [0.29, 0.717) is 17.2 Å². The number of carbonyl (C=O) groups excluding carboxylic acids is 1. The lowest BCUT2D eigenvalue weighted by molar-refractivity contribution is 0.0940. The summed E-state index contributed by atoms with van der Waals surface area (Å²) in [4.78, 5) is 13.5. The lowest BCUT2D eigenvalue weighted by Crippen LogP contribution is -2.33. The van der Waals surface area contributed by atoms with Crippen LogP contribution in [0.2, 0.25) is 0 Å². The number of aliphatic hydroxyl groups excluding tert-OH is 1. The van der Waals surface area contributed by atoms with E-state index in [0.717, 1.165) is 4.88 Å². The molecule has 1 unspecified atom stereocenters. The third-order valence-electron chi connectivity index (χ3n) is 2.97. The summed E-state index contributed by atoms with van der Waals surface area (Å²) < 4.78 is 0. The van der Waals surface area contributed by atoms with E-state index in [1.165, 1.54) is 24.2 Å². The third-order valence-corrected chi connectivity index (χ3v) is 3.97. The van der Waals surface area contributed by atoms with Crippen LogP contribution in [0.5, 0.6) is 0 Å². The van der Waals surface area contributed by atoms with E-state index in [1.54, 1.807) is 0 Å². The van der Waals surface area contributed by atoms with Crippen molar-refractivity contribution in [1.29, 1.82) is 0 Å². The number of thiophene rings is 1. The van der Waals surface area contributed by atoms with Gasteiger partial charge in [-0.25, -0.2) is 0 Å². The van der Waals surface area contributed by atoms with Gasteiger partial charge in [-0.2, -0.15) is 0 Å². The van der Waals surface area contributed by atoms with Gasteiger partial charge in [0.15, 0.2) is 0 Å². The summed E-state index contributed by atoms with van der Waals surface area (Å²) in [6, 6.07) is 3.93. The lowest BCUT2D eigenvalue weighted by atomic mass is 10.2. The lowest BCUT2D eigenvalue weighted by Gasteiger charge is -2.11. The highest BCUT2D eigenvalue weighted by Crippen LogP contribution is 2.32. The molecule has 1 saturated carbocycles. The van der Waals surface area contributed by atoms with Crippen LogP contribution < -0.4 is 5.32 Å². The highest BCUT2D eigenvalue weighted by atomic mass is 32.1. The Kier molecular flexibility index (Phi) is 4.40. The standard InChI is InChI=1S/C14H17NO2S/c1-10(11-5-6-11)15-14(17)13-8-7-12(18-13)4-2-3-9-16/h7-8,10-11,16H,3,5-6,9H2,1H3,(H,15,17). The molecule has 2 N–H and O–H groups in total. The molecule has 18 heavy (non-hydrogen) atoms. The number of hydrogen-bond donors (Lipinski definition) is 2. The summed E-state index contributed by atoms with van der Waals surface area (Å²) in [5.74, 6) is 6.45. The third kappa shape index (κ3) is 3.59. The summed E-state index contributed by atoms with van der Waals surface area (Å²) in [6.07, 6.45) is 2.92. The monoisotopic (exact) mass is 263 g/mol. The Hall–Kier alpha value is -1.31. The van der Waals surface area contributed by atoms with E-state index < -0.39 is 0 Å². The number of aliphatic hydroxyl groups is 1. The van der Waals surface area contributed by atoms with Gasteiger partial charge in [-0.15, -0.1) is 11.3 Å². The smallest absolute Gasteiger partial charge is 0.261 e. The molecular formula is C14H17NO2S. The minimum absolute atomic E-state index is 0.00499. The van der Waals surface area contributed by atoms with E-state index >= 15 is 0 Å². The first-order valence-corrected chi connectivity index (χ1v) is 7.03. The molecule has 3 nitrogen and oxygen atoms in total. The van der Waals surface area contributed by atoms with E-state index in [4.69, 9.17) is 5.11 Å². The number of rotatable bonds is 4. The number of nitrogens with one attached hydrogen (secondary N) is 1. The van der Waals surface area contributed by atoms with Crippen molar-refractivity contribution in [2.24, 2.45) is 5.92 Å². The summed E-state index contributed by atoms with van der Waals surface area (Å²) >= 11 is 1.40. The van der Waals surface area contributed by atoms with Crippen LogP contribution in [0.4, 0.5) is 0 Å². The average molecular weight is 263 g/mol. The van der Waals surface area contributed by atoms with Crippen molar-refractivity contribution in [3.8, 4) is 11.8 Å². The SMILES string of the molecule is CC(NC(=O)c1ccc(C#CCCO)s1)C1CC1. The Morgan fingerprint density at radius 1 is 1.61 bits per heavy atom. The maximum absolute atomic E-state index is 11.9. The van der Waals surface area contributed by atoms with Gasteiger partial charge in [0.2, 0.25) is 0 Å². The average Bonchev–Trinajstić information content (AvgIpc) is 3.10. The van der Waals surface area contributed by atoms with Crippen molar-refractivity contribution in [2.45, 2.75) is 32.2 Å². The fourth-order valence-corrected chi connectivity index (χ4v) is 2.51. The van der Waals surface area contributed by atoms with Crippen LogP contribution in [0, 0.1) is 17.8 Å². The van der Waals surface area contributed by atoms with Gasteiger partial charge in [0.05, 0.1) is 16.4 Å². The predicted molar refractivity (Wildman–Crippen MR) is 72.6 cm³/mol. The molecule has 1 amide bonds. The topological polar surface area (TPSA) is 49.3 Å². The first kappa shape index (κ1) is 13.1. The molecule has 2 rings (SSSR count). The molecule has 0 spiro atoms. The van der Waals surface area contributed by atoms with Crippen molar-refractivity contribution < 1.29 is 9.90 Å². The van der Waals surface area contributed by atoms with E-state index in [9.17, 15) is 4.79 Å². The maximum atomic E-state index is 11.9. The van der Waals surface area contributed by atoms with Crippen LogP contribution in [0.1, 0.15) is 40.7 Å². The highest BCUT2D eigenvalue weighted by Gasteiger charge is 2.29. The molecule has 96 valence electrons. The van der Waals surface area contributed by atoms with Crippen LogP contribution in [-0.2, 0) is 0 Å². The summed E-state index contributed by atoms with van der Waals surface area (Å²) in [7, 11) is 0. The minimum Gasteiger partial charge on any atom is -0.395 e. The van der Waals surface area contributed by atoms with Crippen LogP contribution in [0.25, 0.3) is 0 Å². The van der Waals surface area contributed by atoms with E-state index in [-0.39, 0.29) is 18.6 Å². The van der Waals surface area contributed by atoms with Gasteiger partial charge in [-0.05, 0) is 37.8 Å². The van der Waals surface area contributed by atoms with Crippen molar-refractivity contribution in [2.75, 3.05) is 6.61 Å². The van der Waals surface area contributed by atoms with Gasteiger partial charge in [0.1, 0.15) is 0 Å². The van der Waals surface area contributed by atoms with Crippen LogP contribution in [-0.4, -0.2) is 23.7 Å². The summed E-state index contributed by atoms with van der Waals surface area (Å²) in [6.45, 7) is 2.13. The molecule has 1 aromatic rings. The van der Waals surface area contributed by atoms with Gasteiger partial charge in [-0.1, -0.05) is 11.8 Å². The molecule has 0 aliphatic heterocycles. The van der Waals surface area contributed by atoms with Gasteiger partial charge in [-0.3, -0.25) is 4.79 Å². The first-order valence-electron chi connectivity index (χ1n) is 6.21. The zero-order chi connectivity index (χ0) is 13.0. The molecule has 1 heterocycles. The van der Waals surface area contributed by atoms with Gasteiger partial charge in [0.25, 0.3) is 5.91 Å². The Morgan fingerprint density at radius 2 is 2.39 bits per heavy atom. The van der Waals surface area contributed by atoms with E-state index in [1.807, 2.05) is 12.1 Å². The predicted octanol–water partition coefficient (Wildman–Crippen LogP) is 2.01. The molecule has 1 aromatic heterocycles. The molecule has 0 saturated heterocycles. The molecule has 1 aliphatic carbocycles. The second-order valence-electron chi connectivity index (χ2n) is 4.54. The second kappa shape index (κ2) is 6.03. The normalized spacial score (nSPS) is 15.7. The maximum Gasteiger partial charge on any atom is 0.261 e. The molecule has 1 fully saturated rings. The molecule has 0 aromatic carbocycles. The van der Waals surface area contributed by atoms with Gasteiger partial charge < -0.3 is 10.4 Å². The summed E-state index contributed by atoms with van der Waals surface area (Å²) in [5.41, 5.74) is 0. The minimum atomic E-state index is -0.00499. The zero-order valence-corrected chi connectivity index (χ0v) is 11.2. The molecule has 1 aliphatic rings. The van der Waals surface area contributed by atoms with Crippen molar-refractivity contribution in [3.05, 3.63) is 21.9 Å². The Bertz CT molecular complexity index is 479. The molecule has 0 bridgehead atoms. The van der Waals surface area contributed by atoms with Crippen LogP contribution in [0.3, 0.4) is 0 Å². The van der Waals surface area contributed by atoms with E-state index in [2.05, 4.69) is 24.1 Å². The quantitative estimate of drug-likeness (QED) is 0.816. The van der Waals surface area contributed by atoms with Gasteiger partial charge >= 0.3 is 0 Å². The fourth-order valence-electron chi connectivity index (χ4n) is 1.72. The molecule has 4 heteroatoms. The second-order valence-corrected chi connectivity index (χ2v) is 5.62. The zero-order valence-electron chi connectivity index (χ0n) is 10.4. The van der Waals surface area contributed by atoms with Gasteiger partial charge in [0, 0.05) is 12.5 Å². The van der Waals surface area contributed by atoms with Crippen molar-refractivity contribution in [3.63, 3.8) is 0 Å². The highest BCUT2D eigenvalue weighted by molar-refractivity contribution is 7.14. The van der Waals surface area contributed by atoms with Crippen molar-refractivity contribution in [1.82, 2.24) is 5.32 Å². The fraction of sp³-hybridized carbons (Fsp3) is 0.500. The number of amides is 1. The Balaban J connectivity index is 1.92. The first-order chi connectivity index (χ1) is 8.70. The molecule has 0 radical (unpaired) electrons. The van der Waals surface area contributed by atoms with Crippen LogP contribution in [0.15, 0.2) is 12.1 Å². The van der Waals surface area contributed by atoms with Crippen LogP contribution >= 0.6 is 11.3 Å². The number of hydrogen-bond acceptors (Lipinski definition) is 3. The molecule has 1 atom stereocenters. The Morgan fingerprint density at radius 3 is 3.06 bits per heavy atom. The largest absolute Gasteiger partial charge is 0.395 e. The van der Waals surface area contributed by atoms with Crippen molar-refractivity contribution >= 4 is 17.2 Å². The summed E-state index contributed by atoms with van der Waals surface area (Å²) in [5, 5.41) is 11.7.